The van der Waals surface area contributed by atoms with Crippen LogP contribution in [0.2, 0.25) is 0 Å². The summed E-state index contributed by atoms with van der Waals surface area (Å²) in [5.41, 5.74) is -1.21. The predicted octanol–water partition coefficient (Wildman–Crippen LogP) is 2.51. The average molecular weight is 382 g/mol. The van der Waals surface area contributed by atoms with Crippen molar-refractivity contribution >= 4 is 33.2 Å². The summed E-state index contributed by atoms with van der Waals surface area (Å²) in [4.78, 5) is 27.2. The second kappa shape index (κ2) is 5.95. The molecule has 0 fully saturated rings. The molecule has 0 aliphatic heterocycles. The van der Waals surface area contributed by atoms with Crippen molar-refractivity contribution in [2.24, 2.45) is 0 Å². The highest BCUT2D eigenvalue weighted by molar-refractivity contribution is 5.92. The lowest BCUT2D eigenvalue weighted by atomic mass is 10.1. The molecule has 28 heavy (non-hydrogen) atoms. The molecule has 2 heterocycles. The third kappa shape index (κ3) is 2.49. The number of pyridine rings is 1. The smallest absolute Gasteiger partial charge is 0.360 e. The average Bonchev–Trinajstić information content (AvgIpc) is 2.66. The second-order valence-electron chi connectivity index (χ2n) is 6.23. The summed E-state index contributed by atoms with van der Waals surface area (Å²) < 4.78 is 5.11. The first-order valence-electron chi connectivity index (χ1n) is 8.11. The summed E-state index contributed by atoms with van der Waals surface area (Å²) in [6.45, 7) is 1.59. The number of anilines is 2. The van der Waals surface area contributed by atoms with E-state index in [4.69, 9.17) is 4.42 Å². The van der Waals surface area contributed by atoms with Gasteiger partial charge >= 0.3 is 5.63 Å². The van der Waals surface area contributed by atoms with E-state index in [9.17, 15) is 30.0 Å². The van der Waals surface area contributed by atoms with Crippen molar-refractivity contribution < 1.29 is 24.8 Å². The number of aromatic nitrogens is 1. The van der Waals surface area contributed by atoms with Crippen LogP contribution in [-0.2, 0) is 0 Å². The Hall–Kier alpha value is -4.14. The maximum atomic E-state index is 12.4. The summed E-state index contributed by atoms with van der Waals surface area (Å²) in [6.07, 6.45) is 0. The molecule has 0 bridgehead atoms. The van der Waals surface area contributed by atoms with Gasteiger partial charge in [0.1, 0.15) is 11.4 Å². The zero-order chi connectivity index (χ0) is 20.2. The zero-order valence-corrected chi connectivity index (χ0v) is 14.4. The maximum Gasteiger partial charge on any atom is 0.360 e. The van der Waals surface area contributed by atoms with Crippen molar-refractivity contribution in [1.82, 2.24) is 4.98 Å². The number of hydrogen-bond acceptors (Lipinski definition) is 8. The van der Waals surface area contributed by atoms with Crippen molar-refractivity contribution in [3.63, 3.8) is 0 Å². The Morgan fingerprint density at radius 3 is 2.39 bits per heavy atom. The van der Waals surface area contributed by atoms with Gasteiger partial charge in [0.2, 0.25) is 5.75 Å². The standard InChI is InChI=1S/C19H14N2O7/c1-7-9-3-5-12(23)16(25)17(9)28-19(27)13(7)20-10-6-8-2-4-11(22)15(24)14(8)21-18(10)26/h2-6,20,22-25H,1H3,(H,21,26). The van der Waals surface area contributed by atoms with Crippen LogP contribution in [0.1, 0.15) is 5.56 Å². The quantitative estimate of drug-likeness (QED) is 0.228. The molecule has 0 aliphatic carbocycles. The number of aromatic hydroxyl groups is 4. The van der Waals surface area contributed by atoms with Gasteiger partial charge in [-0.25, -0.2) is 4.79 Å². The Balaban J connectivity index is 1.90. The van der Waals surface area contributed by atoms with Crippen LogP contribution < -0.4 is 16.5 Å². The Labute approximate surface area is 155 Å². The number of fused-ring (bicyclic) bond motifs is 2. The topological polar surface area (TPSA) is 156 Å². The number of hydrogen-bond donors (Lipinski definition) is 6. The number of rotatable bonds is 2. The first-order chi connectivity index (χ1) is 13.3. The van der Waals surface area contributed by atoms with E-state index in [1.165, 1.54) is 30.3 Å². The van der Waals surface area contributed by atoms with Crippen LogP contribution in [0.25, 0.3) is 21.9 Å². The van der Waals surface area contributed by atoms with Crippen LogP contribution >= 0.6 is 0 Å². The normalized spacial score (nSPS) is 11.2. The molecule has 2 aromatic heterocycles. The zero-order valence-electron chi connectivity index (χ0n) is 14.4. The van der Waals surface area contributed by atoms with Gasteiger partial charge in [0.05, 0.1) is 5.52 Å². The first kappa shape index (κ1) is 17.3. The summed E-state index contributed by atoms with van der Waals surface area (Å²) in [5, 5.41) is 42.4. The fourth-order valence-corrected chi connectivity index (χ4v) is 3.01. The molecule has 0 spiro atoms. The third-order valence-electron chi connectivity index (χ3n) is 4.52. The van der Waals surface area contributed by atoms with Crippen LogP contribution in [0.4, 0.5) is 11.4 Å². The number of H-pyrrole nitrogens is 1. The van der Waals surface area contributed by atoms with Gasteiger partial charge in [0, 0.05) is 10.8 Å². The van der Waals surface area contributed by atoms with Gasteiger partial charge in [-0.05, 0) is 42.8 Å². The Bertz CT molecular complexity index is 1390. The number of phenols is 4. The molecular weight excluding hydrogens is 368 g/mol. The molecule has 0 radical (unpaired) electrons. The van der Waals surface area contributed by atoms with Gasteiger partial charge in [-0.1, -0.05) is 0 Å². The molecule has 6 N–H and O–H groups in total. The van der Waals surface area contributed by atoms with E-state index < -0.39 is 28.4 Å². The lowest BCUT2D eigenvalue weighted by Gasteiger charge is -2.12. The second-order valence-corrected chi connectivity index (χ2v) is 6.23. The van der Waals surface area contributed by atoms with Crippen molar-refractivity contribution in [2.75, 3.05) is 5.32 Å². The molecule has 0 aliphatic rings. The summed E-state index contributed by atoms with van der Waals surface area (Å²) >= 11 is 0. The van der Waals surface area contributed by atoms with Crippen molar-refractivity contribution in [3.8, 4) is 23.0 Å². The summed E-state index contributed by atoms with van der Waals surface area (Å²) in [5.74, 6) is -1.82. The molecule has 9 heteroatoms. The Morgan fingerprint density at radius 2 is 1.64 bits per heavy atom. The fraction of sp³-hybridized carbons (Fsp3) is 0.0526. The number of benzene rings is 2. The molecule has 0 atom stereocenters. The SMILES string of the molecule is Cc1c(Nc2cc3ccc(O)c(O)c3[nH]c2=O)c(=O)oc2c(O)c(O)ccc12. The minimum Gasteiger partial charge on any atom is -0.504 e. The van der Waals surface area contributed by atoms with E-state index in [0.717, 1.165) is 0 Å². The van der Waals surface area contributed by atoms with Crippen LogP contribution in [0.15, 0.2) is 44.3 Å². The molecule has 4 rings (SSSR count). The van der Waals surface area contributed by atoms with Crippen LogP contribution in [0.5, 0.6) is 23.0 Å². The molecule has 142 valence electrons. The third-order valence-corrected chi connectivity index (χ3v) is 4.52. The molecule has 9 nitrogen and oxygen atoms in total. The van der Waals surface area contributed by atoms with E-state index in [0.29, 0.717) is 16.3 Å². The number of nitrogens with one attached hydrogen (secondary N) is 2. The van der Waals surface area contributed by atoms with Crippen LogP contribution in [0, 0.1) is 6.92 Å². The molecule has 0 saturated heterocycles. The molecular formula is C19H14N2O7. The van der Waals surface area contributed by atoms with Gasteiger partial charge in [0.15, 0.2) is 22.8 Å². The van der Waals surface area contributed by atoms with Gasteiger partial charge in [0.25, 0.3) is 5.56 Å². The maximum absolute atomic E-state index is 12.4. The summed E-state index contributed by atoms with van der Waals surface area (Å²) in [7, 11) is 0. The highest BCUT2D eigenvalue weighted by Gasteiger charge is 2.17. The van der Waals surface area contributed by atoms with E-state index in [-0.39, 0.29) is 28.2 Å². The van der Waals surface area contributed by atoms with Crippen molar-refractivity contribution in [3.05, 3.63) is 56.7 Å². The van der Waals surface area contributed by atoms with Crippen molar-refractivity contribution in [1.29, 1.82) is 0 Å². The van der Waals surface area contributed by atoms with Gasteiger partial charge in [-0.3, -0.25) is 4.79 Å². The molecule has 4 aromatic rings. The monoisotopic (exact) mass is 382 g/mol. The van der Waals surface area contributed by atoms with E-state index in [1.54, 1.807) is 6.92 Å². The van der Waals surface area contributed by atoms with Gasteiger partial charge in [-0.15, -0.1) is 0 Å². The van der Waals surface area contributed by atoms with E-state index >= 15 is 0 Å². The van der Waals surface area contributed by atoms with Gasteiger partial charge < -0.3 is 35.1 Å². The van der Waals surface area contributed by atoms with E-state index in [2.05, 4.69) is 10.3 Å². The molecule has 0 amide bonds. The van der Waals surface area contributed by atoms with Gasteiger partial charge in [-0.2, -0.15) is 0 Å². The van der Waals surface area contributed by atoms with Crippen LogP contribution in [0.3, 0.4) is 0 Å². The largest absolute Gasteiger partial charge is 0.504 e. The Morgan fingerprint density at radius 1 is 0.964 bits per heavy atom. The lowest BCUT2D eigenvalue weighted by molar-refractivity contribution is 0.397. The predicted molar refractivity (Wildman–Crippen MR) is 102 cm³/mol. The lowest BCUT2D eigenvalue weighted by Crippen LogP contribution is -2.16. The highest BCUT2D eigenvalue weighted by atomic mass is 16.4. The number of aryl methyl sites for hydroxylation is 1. The number of phenolic OH excluding ortho intramolecular Hbond substituents is 4. The highest BCUT2D eigenvalue weighted by Crippen LogP contribution is 2.36. The minimum atomic E-state index is -0.848. The van der Waals surface area contributed by atoms with Crippen LogP contribution in [-0.4, -0.2) is 25.4 Å². The Kier molecular flexibility index (Phi) is 3.67. The van der Waals surface area contributed by atoms with Crippen molar-refractivity contribution in [2.45, 2.75) is 6.92 Å². The molecule has 0 unspecified atom stereocenters. The molecule has 2 aromatic carbocycles. The first-order valence-corrected chi connectivity index (χ1v) is 8.11. The fourth-order valence-electron chi connectivity index (χ4n) is 3.01. The molecule has 0 saturated carbocycles. The number of aromatic amines is 1. The minimum absolute atomic E-state index is 0.00957. The van der Waals surface area contributed by atoms with E-state index in [1.807, 2.05) is 0 Å². The summed E-state index contributed by atoms with van der Waals surface area (Å²) in [6, 6.07) is 6.89.